The summed E-state index contributed by atoms with van der Waals surface area (Å²) < 4.78 is 11.4. The second kappa shape index (κ2) is 8.09. The van der Waals surface area contributed by atoms with Crippen molar-refractivity contribution in [2.75, 3.05) is 35.7 Å². The molecule has 1 aromatic heterocycles. The first-order valence-corrected chi connectivity index (χ1v) is 8.25. The Balaban J connectivity index is 2.79. The molecule has 0 aliphatic rings. The number of nitrogens with one attached hydrogen (secondary N) is 2. The van der Waals surface area contributed by atoms with Crippen LogP contribution in [0.2, 0.25) is 0 Å². The van der Waals surface area contributed by atoms with E-state index in [1.54, 1.807) is 0 Å². The van der Waals surface area contributed by atoms with Gasteiger partial charge >= 0.3 is 0 Å². The third-order valence-corrected chi connectivity index (χ3v) is 4.15. The van der Waals surface area contributed by atoms with E-state index in [0.717, 1.165) is 35.9 Å². The van der Waals surface area contributed by atoms with Crippen molar-refractivity contribution in [2.45, 2.75) is 33.6 Å². The van der Waals surface area contributed by atoms with Gasteiger partial charge in [0.15, 0.2) is 0 Å². The predicted octanol–water partition coefficient (Wildman–Crippen LogP) is 1.96. The molecule has 0 saturated carbocycles. The van der Waals surface area contributed by atoms with Gasteiger partial charge in [-0.05, 0) is 13.3 Å². The fourth-order valence-electron chi connectivity index (χ4n) is 1.74. The van der Waals surface area contributed by atoms with Crippen LogP contribution < -0.4 is 10.6 Å². The molecule has 1 rings (SSSR count). The summed E-state index contributed by atoms with van der Waals surface area (Å²) >= 11 is 0. The lowest BCUT2D eigenvalue weighted by Gasteiger charge is -2.13. The highest BCUT2D eigenvalue weighted by atomic mass is 32.2. The van der Waals surface area contributed by atoms with Crippen LogP contribution in [0.25, 0.3) is 0 Å². The van der Waals surface area contributed by atoms with Gasteiger partial charge in [0.2, 0.25) is 0 Å². The van der Waals surface area contributed by atoms with Crippen molar-refractivity contribution in [2.24, 2.45) is 0 Å². The largest absolute Gasteiger partial charge is 0.373 e. The molecule has 0 bridgehead atoms. The zero-order valence-electron chi connectivity index (χ0n) is 12.2. The van der Waals surface area contributed by atoms with Crippen LogP contribution >= 0.6 is 0 Å². The third-order valence-electron chi connectivity index (χ3n) is 2.85. The van der Waals surface area contributed by atoms with Crippen molar-refractivity contribution < 1.29 is 4.21 Å². The lowest BCUT2D eigenvalue weighted by atomic mass is 10.2. The van der Waals surface area contributed by atoms with E-state index in [1.165, 1.54) is 0 Å². The van der Waals surface area contributed by atoms with E-state index in [1.807, 2.05) is 20.9 Å². The predicted molar refractivity (Wildman–Crippen MR) is 82.4 cm³/mol. The quantitative estimate of drug-likeness (QED) is 0.764. The van der Waals surface area contributed by atoms with Crippen LogP contribution in [0.3, 0.4) is 0 Å². The summed E-state index contributed by atoms with van der Waals surface area (Å²) in [4.78, 5) is 9.01. The minimum atomic E-state index is -0.745. The van der Waals surface area contributed by atoms with Gasteiger partial charge in [-0.1, -0.05) is 13.8 Å². The van der Waals surface area contributed by atoms with Gasteiger partial charge in [0.1, 0.15) is 17.5 Å². The molecule has 0 aliphatic heterocycles. The summed E-state index contributed by atoms with van der Waals surface area (Å²) in [5.74, 6) is 3.90. The molecule has 108 valence electrons. The number of anilines is 2. The average molecular weight is 284 g/mol. The zero-order chi connectivity index (χ0) is 14.3. The van der Waals surface area contributed by atoms with E-state index in [-0.39, 0.29) is 0 Å². The van der Waals surface area contributed by atoms with Crippen molar-refractivity contribution in [3.63, 3.8) is 0 Å². The van der Waals surface area contributed by atoms with Crippen LogP contribution in [0.5, 0.6) is 0 Å². The second-order valence-electron chi connectivity index (χ2n) is 4.32. The summed E-state index contributed by atoms with van der Waals surface area (Å²) in [6.07, 6.45) is 1.88. The smallest absolute Gasteiger partial charge is 0.134 e. The number of nitrogens with zero attached hydrogens (tertiary/aromatic N) is 2. The number of rotatable bonds is 8. The highest BCUT2D eigenvalue weighted by Gasteiger charge is 2.09. The molecule has 19 heavy (non-hydrogen) atoms. The zero-order valence-corrected chi connectivity index (χ0v) is 13.1. The van der Waals surface area contributed by atoms with E-state index in [2.05, 4.69) is 27.5 Å². The monoisotopic (exact) mass is 284 g/mol. The van der Waals surface area contributed by atoms with Crippen molar-refractivity contribution in [1.29, 1.82) is 0 Å². The first kappa shape index (κ1) is 15.9. The van der Waals surface area contributed by atoms with E-state index in [0.29, 0.717) is 18.1 Å². The van der Waals surface area contributed by atoms with Crippen molar-refractivity contribution in [1.82, 2.24) is 9.97 Å². The first-order chi connectivity index (χ1) is 9.12. The molecule has 1 unspecified atom stereocenters. The molecule has 1 atom stereocenters. The van der Waals surface area contributed by atoms with Crippen molar-refractivity contribution >= 4 is 22.4 Å². The SMILES string of the molecule is CCCc1nc(NC)c(C)c(NCCS(=O)CC)n1. The lowest BCUT2D eigenvalue weighted by Crippen LogP contribution is -2.15. The van der Waals surface area contributed by atoms with Crippen LogP contribution in [0.4, 0.5) is 11.6 Å². The Bertz CT molecular complexity index is 437. The van der Waals surface area contributed by atoms with E-state index >= 15 is 0 Å². The fourth-order valence-corrected chi connectivity index (χ4v) is 2.36. The lowest BCUT2D eigenvalue weighted by molar-refractivity contribution is 0.684. The molecule has 0 aliphatic carbocycles. The van der Waals surface area contributed by atoms with Gasteiger partial charge in [-0.3, -0.25) is 4.21 Å². The Labute approximate surface area is 118 Å². The molecule has 0 aromatic carbocycles. The Morgan fingerprint density at radius 3 is 2.47 bits per heavy atom. The molecular weight excluding hydrogens is 260 g/mol. The summed E-state index contributed by atoms with van der Waals surface area (Å²) in [6, 6.07) is 0. The van der Waals surface area contributed by atoms with Gasteiger partial charge < -0.3 is 10.6 Å². The Kier molecular flexibility index (Phi) is 6.77. The van der Waals surface area contributed by atoms with E-state index < -0.39 is 10.8 Å². The highest BCUT2D eigenvalue weighted by molar-refractivity contribution is 7.84. The van der Waals surface area contributed by atoms with Crippen LogP contribution in [0.1, 0.15) is 31.7 Å². The molecule has 6 heteroatoms. The third kappa shape index (κ3) is 4.78. The van der Waals surface area contributed by atoms with Crippen LogP contribution in [0.15, 0.2) is 0 Å². The molecule has 0 radical (unpaired) electrons. The molecule has 0 fully saturated rings. The summed E-state index contributed by atoms with van der Waals surface area (Å²) in [5, 5.41) is 6.36. The van der Waals surface area contributed by atoms with Crippen LogP contribution in [-0.4, -0.2) is 39.3 Å². The molecule has 0 saturated heterocycles. The van der Waals surface area contributed by atoms with Gasteiger partial charge in [0.25, 0.3) is 0 Å². The normalized spacial score (nSPS) is 12.2. The van der Waals surface area contributed by atoms with E-state index in [9.17, 15) is 4.21 Å². The van der Waals surface area contributed by atoms with Crippen molar-refractivity contribution in [3.05, 3.63) is 11.4 Å². The van der Waals surface area contributed by atoms with Crippen molar-refractivity contribution in [3.8, 4) is 0 Å². The number of aryl methyl sites for hydroxylation is 1. The maximum Gasteiger partial charge on any atom is 0.134 e. The Morgan fingerprint density at radius 1 is 1.21 bits per heavy atom. The molecule has 1 heterocycles. The summed E-state index contributed by atoms with van der Waals surface area (Å²) in [7, 11) is 1.12. The van der Waals surface area contributed by atoms with Gasteiger partial charge in [-0.15, -0.1) is 0 Å². The topological polar surface area (TPSA) is 66.9 Å². The molecule has 1 aromatic rings. The number of hydrogen-bond donors (Lipinski definition) is 2. The Morgan fingerprint density at radius 2 is 1.89 bits per heavy atom. The maximum absolute atomic E-state index is 11.4. The highest BCUT2D eigenvalue weighted by Crippen LogP contribution is 2.19. The average Bonchev–Trinajstić information content (AvgIpc) is 2.41. The van der Waals surface area contributed by atoms with E-state index in [4.69, 9.17) is 0 Å². The maximum atomic E-state index is 11.4. The molecule has 0 spiro atoms. The molecule has 0 amide bonds. The number of aromatic nitrogens is 2. The summed E-state index contributed by atoms with van der Waals surface area (Å²) in [5.41, 5.74) is 1.00. The molecule has 5 nitrogen and oxygen atoms in total. The van der Waals surface area contributed by atoms with Crippen LogP contribution in [0, 0.1) is 6.92 Å². The molecule has 2 N–H and O–H groups in total. The standard InChI is InChI=1S/C13H24N4OS/c1-5-7-11-16-12(14-4)10(3)13(17-11)15-8-9-19(18)6-2/h5-9H2,1-4H3,(H2,14,15,16,17). The first-order valence-electron chi connectivity index (χ1n) is 6.76. The van der Waals surface area contributed by atoms with Gasteiger partial charge in [0.05, 0.1) is 0 Å². The summed E-state index contributed by atoms with van der Waals surface area (Å²) in [6.45, 7) is 6.71. The Hall–Kier alpha value is -1.17. The molecular formula is C13H24N4OS. The fraction of sp³-hybridized carbons (Fsp3) is 0.692. The van der Waals surface area contributed by atoms with Gasteiger partial charge in [0, 0.05) is 47.9 Å². The van der Waals surface area contributed by atoms with Gasteiger partial charge in [-0.2, -0.15) is 0 Å². The van der Waals surface area contributed by atoms with Gasteiger partial charge in [-0.25, -0.2) is 9.97 Å². The second-order valence-corrected chi connectivity index (χ2v) is 6.19. The van der Waals surface area contributed by atoms with Crippen LogP contribution in [-0.2, 0) is 17.2 Å². The minimum Gasteiger partial charge on any atom is -0.373 e. The number of hydrogen-bond acceptors (Lipinski definition) is 5. The minimum absolute atomic E-state index is 0.651.